The summed E-state index contributed by atoms with van der Waals surface area (Å²) in [6.07, 6.45) is 1.74. The fourth-order valence-corrected chi connectivity index (χ4v) is 2.48. The summed E-state index contributed by atoms with van der Waals surface area (Å²) in [4.78, 5) is 16.3. The minimum Gasteiger partial charge on any atom is -0.491 e. The van der Waals surface area contributed by atoms with E-state index in [2.05, 4.69) is 4.99 Å². The van der Waals surface area contributed by atoms with Gasteiger partial charge in [-0.05, 0) is 49.8 Å². The third-order valence-corrected chi connectivity index (χ3v) is 3.59. The normalized spacial score (nSPS) is 15.6. The number of carbonyl (C=O) groups excluding carboxylic acids is 1. The van der Waals surface area contributed by atoms with Crippen LogP contribution in [0.5, 0.6) is 5.75 Å². The van der Waals surface area contributed by atoms with Gasteiger partial charge in [0.1, 0.15) is 5.75 Å². The molecule has 3 rings (SSSR count). The molecule has 0 radical (unpaired) electrons. The van der Waals surface area contributed by atoms with Crippen LogP contribution in [0, 0.1) is 0 Å². The summed E-state index contributed by atoms with van der Waals surface area (Å²) in [6.45, 7) is 3.92. The van der Waals surface area contributed by atoms with Gasteiger partial charge in [-0.15, -0.1) is 0 Å². The quantitative estimate of drug-likeness (QED) is 0.609. The van der Waals surface area contributed by atoms with E-state index in [0.29, 0.717) is 10.6 Å². The molecule has 0 amide bonds. The predicted octanol–water partition coefficient (Wildman–Crippen LogP) is 4.47. The number of hydrogen-bond acceptors (Lipinski definition) is 4. The van der Waals surface area contributed by atoms with Crippen molar-refractivity contribution in [2.45, 2.75) is 20.0 Å². The Hall–Kier alpha value is -2.59. The highest BCUT2D eigenvalue weighted by atomic mass is 35.5. The lowest BCUT2D eigenvalue weighted by Crippen LogP contribution is -2.06. The molecule has 4 nitrogen and oxygen atoms in total. The molecular weight excluding hydrogens is 326 g/mol. The van der Waals surface area contributed by atoms with E-state index in [1.165, 1.54) is 0 Å². The summed E-state index contributed by atoms with van der Waals surface area (Å²) < 4.78 is 10.9. The molecule has 2 aromatic rings. The zero-order chi connectivity index (χ0) is 17.1. The maximum Gasteiger partial charge on any atom is 0.363 e. The smallest absolute Gasteiger partial charge is 0.363 e. The fraction of sp³-hybridized carbons (Fsp3) is 0.158. The number of hydrogen-bond donors (Lipinski definition) is 0. The molecule has 1 heterocycles. The first-order valence-corrected chi connectivity index (χ1v) is 7.95. The number of rotatable bonds is 4. The fourth-order valence-electron chi connectivity index (χ4n) is 2.27. The first kappa shape index (κ1) is 16.3. The lowest BCUT2D eigenvalue weighted by atomic mass is 10.2. The zero-order valence-electron chi connectivity index (χ0n) is 13.3. The van der Waals surface area contributed by atoms with E-state index in [9.17, 15) is 4.79 Å². The Morgan fingerprint density at radius 2 is 1.96 bits per heavy atom. The molecule has 0 aliphatic carbocycles. The first-order chi connectivity index (χ1) is 11.5. The molecule has 5 heteroatoms. The molecule has 24 heavy (non-hydrogen) atoms. The van der Waals surface area contributed by atoms with Gasteiger partial charge in [-0.2, -0.15) is 0 Å². The van der Waals surface area contributed by atoms with Crippen LogP contribution in [0.3, 0.4) is 0 Å². The van der Waals surface area contributed by atoms with E-state index < -0.39 is 5.97 Å². The largest absolute Gasteiger partial charge is 0.491 e. The third-order valence-electron chi connectivity index (χ3n) is 3.26. The molecule has 1 aliphatic rings. The number of ether oxygens (including phenoxy) is 2. The Balaban J connectivity index is 1.90. The summed E-state index contributed by atoms with van der Waals surface area (Å²) in [7, 11) is 0. The number of halogens is 1. The molecule has 0 spiro atoms. The molecule has 0 saturated heterocycles. The Morgan fingerprint density at radius 3 is 2.71 bits per heavy atom. The highest BCUT2D eigenvalue weighted by molar-refractivity contribution is 6.34. The summed E-state index contributed by atoms with van der Waals surface area (Å²) in [5.74, 6) is 0.451. The van der Waals surface area contributed by atoms with Gasteiger partial charge in [0.05, 0.1) is 16.7 Å². The SMILES string of the molecule is CC(C)Oc1cccc(/C=C2\N=C(c3ccccc3Cl)OC2=O)c1. The second-order valence-electron chi connectivity index (χ2n) is 5.55. The molecule has 0 atom stereocenters. The standard InChI is InChI=1S/C19H16ClNO3/c1-12(2)23-14-7-5-6-13(10-14)11-17-19(22)24-18(21-17)15-8-3-4-9-16(15)20/h3-12H,1-2H3/b17-11-. The second kappa shape index (κ2) is 6.89. The van der Waals surface area contributed by atoms with Crippen molar-refractivity contribution in [1.82, 2.24) is 0 Å². The van der Waals surface area contributed by atoms with Gasteiger partial charge in [0.2, 0.25) is 5.90 Å². The Labute approximate surface area is 145 Å². The van der Waals surface area contributed by atoms with Crippen LogP contribution in [0.1, 0.15) is 25.0 Å². The average Bonchev–Trinajstić information content (AvgIpc) is 2.88. The Bertz CT molecular complexity index is 840. The van der Waals surface area contributed by atoms with E-state index in [4.69, 9.17) is 21.1 Å². The van der Waals surface area contributed by atoms with Crippen molar-refractivity contribution in [2.75, 3.05) is 0 Å². The molecule has 0 bridgehead atoms. The van der Waals surface area contributed by atoms with Crippen molar-refractivity contribution >= 4 is 29.5 Å². The van der Waals surface area contributed by atoms with Crippen LogP contribution >= 0.6 is 11.6 Å². The van der Waals surface area contributed by atoms with Gasteiger partial charge in [0, 0.05) is 0 Å². The summed E-state index contributed by atoms with van der Waals surface area (Å²) >= 11 is 6.12. The maximum absolute atomic E-state index is 12.1. The van der Waals surface area contributed by atoms with E-state index in [0.717, 1.165) is 11.3 Å². The van der Waals surface area contributed by atoms with Crippen molar-refractivity contribution in [3.8, 4) is 5.75 Å². The number of carbonyl (C=O) groups is 1. The monoisotopic (exact) mass is 341 g/mol. The molecule has 122 valence electrons. The first-order valence-electron chi connectivity index (χ1n) is 7.57. The van der Waals surface area contributed by atoms with Crippen LogP contribution in [0.4, 0.5) is 0 Å². The average molecular weight is 342 g/mol. The predicted molar refractivity (Wildman–Crippen MR) is 94.3 cm³/mol. The van der Waals surface area contributed by atoms with Crippen molar-refractivity contribution in [1.29, 1.82) is 0 Å². The van der Waals surface area contributed by atoms with Crippen molar-refractivity contribution in [3.05, 3.63) is 70.4 Å². The van der Waals surface area contributed by atoms with Gasteiger partial charge in [-0.25, -0.2) is 9.79 Å². The van der Waals surface area contributed by atoms with E-state index in [1.807, 2.05) is 44.2 Å². The summed E-state index contributed by atoms with van der Waals surface area (Å²) in [6, 6.07) is 14.6. The lowest BCUT2D eigenvalue weighted by molar-refractivity contribution is -0.129. The Morgan fingerprint density at radius 1 is 1.17 bits per heavy atom. The van der Waals surface area contributed by atoms with Crippen LogP contribution in [0.15, 0.2) is 59.2 Å². The van der Waals surface area contributed by atoms with Gasteiger partial charge in [0.25, 0.3) is 0 Å². The second-order valence-corrected chi connectivity index (χ2v) is 5.96. The molecular formula is C19H16ClNO3. The van der Waals surface area contributed by atoms with Gasteiger partial charge in [-0.1, -0.05) is 35.9 Å². The minimum atomic E-state index is -0.500. The number of cyclic esters (lactones) is 1. The van der Waals surface area contributed by atoms with Crippen LogP contribution in [-0.2, 0) is 9.53 Å². The molecule has 0 fully saturated rings. The molecule has 1 aliphatic heterocycles. The molecule has 0 unspecified atom stereocenters. The lowest BCUT2D eigenvalue weighted by Gasteiger charge is -2.09. The highest BCUT2D eigenvalue weighted by Gasteiger charge is 2.25. The summed E-state index contributed by atoms with van der Waals surface area (Å²) in [5, 5.41) is 0.484. The minimum absolute atomic E-state index is 0.0780. The third kappa shape index (κ3) is 3.66. The van der Waals surface area contributed by atoms with E-state index >= 15 is 0 Å². The number of benzene rings is 2. The van der Waals surface area contributed by atoms with Crippen molar-refractivity contribution in [3.63, 3.8) is 0 Å². The van der Waals surface area contributed by atoms with Gasteiger partial charge >= 0.3 is 5.97 Å². The van der Waals surface area contributed by atoms with Crippen molar-refractivity contribution in [2.24, 2.45) is 4.99 Å². The topological polar surface area (TPSA) is 47.9 Å². The maximum atomic E-state index is 12.1. The summed E-state index contributed by atoms with van der Waals surface area (Å²) in [5.41, 5.74) is 1.63. The van der Waals surface area contributed by atoms with E-state index in [1.54, 1.807) is 24.3 Å². The van der Waals surface area contributed by atoms with Crippen LogP contribution < -0.4 is 4.74 Å². The van der Waals surface area contributed by atoms with Gasteiger partial charge in [0.15, 0.2) is 5.70 Å². The molecule has 0 N–H and O–H groups in total. The van der Waals surface area contributed by atoms with E-state index in [-0.39, 0.29) is 17.7 Å². The van der Waals surface area contributed by atoms with Crippen LogP contribution in [0.25, 0.3) is 6.08 Å². The van der Waals surface area contributed by atoms with Crippen LogP contribution in [-0.4, -0.2) is 18.0 Å². The highest BCUT2D eigenvalue weighted by Crippen LogP contribution is 2.24. The zero-order valence-corrected chi connectivity index (χ0v) is 14.1. The van der Waals surface area contributed by atoms with Gasteiger partial charge in [-0.3, -0.25) is 0 Å². The molecule has 0 saturated carbocycles. The van der Waals surface area contributed by atoms with Crippen LogP contribution in [0.2, 0.25) is 5.02 Å². The van der Waals surface area contributed by atoms with Gasteiger partial charge < -0.3 is 9.47 Å². The molecule has 0 aromatic heterocycles. The van der Waals surface area contributed by atoms with Crippen molar-refractivity contribution < 1.29 is 14.3 Å². The molecule has 2 aromatic carbocycles. The number of aliphatic imine (C=N–C) groups is 1. The number of esters is 1. The Kier molecular flexibility index (Phi) is 4.67. The number of nitrogens with zero attached hydrogens (tertiary/aromatic N) is 1.